The van der Waals surface area contributed by atoms with Gasteiger partial charge < -0.3 is 9.64 Å². The monoisotopic (exact) mass is 283 g/mol. The van der Waals surface area contributed by atoms with Crippen molar-refractivity contribution in [1.82, 2.24) is 9.97 Å². The average molecular weight is 284 g/mol. The highest BCUT2D eigenvalue weighted by Crippen LogP contribution is 2.25. The highest BCUT2D eigenvalue weighted by Gasteiger charge is 2.17. The van der Waals surface area contributed by atoms with Crippen LogP contribution in [0.3, 0.4) is 0 Å². The Morgan fingerprint density at radius 2 is 2.05 bits per heavy atom. The zero-order valence-electron chi connectivity index (χ0n) is 11.7. The summed E-state index contributed by atoms with van der Waals surface area (Å²) in [5.74, 6) is 2.30. The zero-order chi connectivity index (χ0) is 13.7. The molecule has 1 aliphatic carbocycles. The van der Waals surface area contributed by atoms with Crippen LogP contribution >= 0.6 is 11.6 Å². The van der Waals surface area contributed by atoms with Crippen LogP contribution in [0, 0.1) is 5.92 Å². The van der Waals surface area contributed by atoms with Crippen LogP contribution in [-0.2, 0) is 11.3 Å². The van der Waals surface area contributed by atoms with Gasteiger partial charge in [-0.1, -0.05) is 30.9 Å². The van der Waals surface area contributed by atoms with E-state index >= 15 is 0 Å². The van der Waals surface area contributed by atoms with E-state index in [4.69, 9.17) is 16.3 Å². The standard InChI is InChI=1S/C14H22ClN3O/c1-18(9-11-6-4-3-5-7-11)14-8-12(15)16-13(17-14)10-19-2/h8,11H,3-7,9-10H2,1-2H3. The quantitative estimate of drug-likeness (QED) is 0.777. The predicted octanol–water partition coefficient (Wildman–Crippen LogP) is 3.29. The molecule has 0 saturated heterocycles. The van der Waals surface area contributed by atoms with Crippen LogP contribution in [0.2, 0.25) is 5.15 Å². The fourth-order valence-electron chi connectivity index (χ4n) is 2.69. The summed E-state index contributed by atoms with van der Waals surface area (Å²) in [5, 5.41) is 0.479. The van der Waals surface area contributed by atoms with Crippen LogP contribution in [0.1, 0.15) is 37.9 Å². The Kier molecular flexibility index (Phi) is 5.40. The van der Waals surface area contributed by atoms with Crippen LogP contribution in [-0.4, -0.2) is 30.7 Å². The SMILES string of the molecule is COCc1nc(Cl)cc(N(C)CC2CCCCC2)n1. The molecule has 0 spiro atoms. The van der Waals surface area contributed by atoms with Crippen molar-refractivity contribution in [2.75, 3.05) is 25.6 Å². The number of anilines is 1. The van der Waals surface area contributed by atoms with Gasteiger partial charge in [0.2, 0.25) is 0 Å². The van der Waals surface area contributed by atoms with E-state index in [0.29, 0.717) is 17.6 Å². The molecule has 1 fully saturated rings. The number of nitrogens with zero attached hydrogens (tertiary/aromatic N) is 3. The first-order valence-electron chi connectivity index (χ1n) is 6.92. The molecule has 0 bridgehead atoms. The number of methoxy groups -OCH3 is 1. The van der Waals surface area contributed by atoms with E-state index in [-0.39, 0.29) is 0 Å². The molecule has 0 amide bonds. The summed E-state index contributed by atoms with van der Waals surface area (Å²) in [6, 6.07) is 1.82. The summed E-state index contributed by atoms with van der Waals surface area (Å²) < 4.78 is 5.07. The summed E-state index contributed by atoms with van der Waals surface area (Å²) in [7, 11) is 3.71. The molecule has 1 aromatic heterocycles. The second kappa shape index (κ2) is 7.06. The van der Waals surface area contributed by atoms with Gasteiger partial charge in [0.25, 0.3) is 0 Å². The molecule has 0 aliphatic heterocycles. The lowest BCUT2D eigenvalue weighted by Crippen LogP contribution is -2.27. The van der Waals surface area contributed by atoms with Crippen molar-refractivity contribution in [3.8, 4) is 0 Å². The molecule has 2 rings (SSSR count). The Morgan fingerprint density at radius 1 is 1.32 bits per heavy atom. The third-order valence-corrected chi connectivity index (χ3v) is 3.84. The number of hydrogen-bond donors (Lipinski definition) is 0. The Balaban J connectivity index is 2.02. The van der Waals surface area contributed by atoms with Gasteiger partial charge in [0.1, 0.15) is 17.6 Å². The van der Waals surface area contributed by atoms with Crippen LogP contribution in [0.5, 0.6) is 0 Å². The van der Waals surface area contributed by atoms with Crippen molar-refractivity contribution in [1.29, 1.82) is 0 Å². The van der Waals surface area contributed by atoms with Crippen molar-refractivity contribution in [2.45, 2.75) is 38.7 Å². The van der Waals surface area contributed by atoms with E-state index in [0.717, 1.165) is 18.3 Å². The molecule has 5 heteroatoms. The molecule has 19 heavy (non-hydrogen) atoms. The fourth-order valence-corrected chi connectivity index (χ4v) is 2.89. The second-order valence-electron chi connectivity index (χ2n) is 5.28. The minimum Gasteiger partial charge on any atom is -0.377 e. The second-order valence-corrected chi connectivity index (χ2v) is 5.67. The highest BCUT2D eigenvalue weighted by molar-refractivity contribution is 6.29. The van der Waals surface area contributed by atoms with Crippen LogP contribution in [0.15, 0.2) is 6.07 Å². The largest absolute Gasteiger partial charge is 0.377 e. The van der Waals surface area contributed by atoms with Gasteiger partial charge >= 0.3 is 0 Å². The summed E-state index contributed by atoms with van der Waals surface area (Å²) in [5.41, 5.74) is 0. The zero-order valence-corrected chi connectivity index (χ0v) is 12.5. The lowest BCUT2D eigenvalue weighted by molar-refractivity contribution is 0.178. The van der Waals surface area contributed by atoms with Crippen molar-refractivity contribution in [3.05, 3.63) is 17.0 Å². The smallest absolute Gasteiger partial charge is 0.158 e. The molecule has 0 radical (unpaired) electrons. The van der Waals surface area contributed by atoms with Crippen LogP contribution < -0.4 is 4.90 Å². The van der Waals surface area contributed by atoms with Crippen molar-refractivity contribution in [2.24, 2.45) is 5.92 Å². The highest BCUT2D eigenvalue weighted by atomic mass is 35.5. The van der Waals surface area contributed by atoms with Gasteiger partial charge in [0, 0.05) is 26.8 Å². The molecule has 0 N–H and O–H groups in total. The molecule has 1 saturated carbocycles. The van der Waals surface area contributed by atoms with Gasteiger partial charge in [-0.2, -0.15) is 0 Å². The number of halogens is 1. The average Bonchev–Trinajstić information content (AvgIpc) is 2.39. The Morgan fingerprint density at radius 3 is 2.74 bits per heavy atom. The van der Waals surface area contributed by atoms with E-state index in [1.807, 2.05) is 6.07 Å². The van der Waals surface area contributed by atoms with Crippen molar-refractivity contribution >= 4 is 17.4 Å². The molecule has 0 aromatic carbocycles. The minimum atomic E-state index is 0.394. The predicted molar refractivity (Wildman–Crippen MR) is 77.6 cm³/mol. The minimum absolute atomic E-state index is 0.394. The Hall–Kier alpha value is -0.870. The maximum absolute atomic E-state index is 6.04. The molecule has 1 aliphatic rings. The molecular formula is C14H22ClN3O. The Labute approximate surface area is 120 Å². The maximum Gasteiger partial charge on any atom is 0.158 e. The maximum atomic E-state index is 6.04. The van der Waals surface area contributed by atoms with Gasteiger partial charge in [-0.15, -0.1) is 0 Å². The molecule has 1 heterocycles. The third kappa shape index (κ3) is 4.32. The molecule has 1 aromatic rings. The normalized spacial score (nSPS) is 16.6. The van der Waals surface area contributed by atoms with Crippen LogP contribution in [0.25, 0.3) is 0 Å². The van der Waals surface area contributed by atoms with Crippen molar-refractivity contribution in [3.63, 3.8) is 0 Å². The Bertz CT molecular complexity index is 408. The molecule has 106 valence electrons. The number of ether oxygens (including phenoxy) is 1. The van der Waals surface area contributed by atoms with Crippen LogP contribution in [0.4, 0.5) is 5.82 Å². The lowest BCUT2D eigenvalue weighted by Gasteiger charge is -2.27. The van der Waals surface area contributed by atoms with Crippen molar-refractivity contribution < 1.29 is 4.74 Å². The topological polar surface area (TPSA) is 38.2 Å². The number of aromatic nitrogens is 2. The molecular weight excluding hydrogens is 262 g/mol. The van der Waals surface area contributed by atoms with Gasteiger partial charge in [-0.05, 0) is 18.8 Å². The van der Waals surface area contributed by atoms with E-state index < -0.39 is 0 Å². The summed E-state index contributed by atoms with van der Waals surface area (Å²) in [6.07, 6.45) is 6.76. The molecule has 0 atom stereocenters. The van der Waals surface area contributed by atoms with E-state index in [1.54, 1.807) is 7.11 Å². The van der Waals surface area contributed by atoms with Gasteiger partial charge in [-0.25, -0.2) is 9.97 Å². The molecule has 0 unspecified atom stereocenters. The number of hydrogen-bond acceptors (Lipinski definition) is 4. The van der Waals surface area contributed by atoms with E-state index in [2.05, 4.69) is 21.9 Å². The fraction of sp³-hybridized carbons (Fsp3) is 0.714. The van der Waals surface area contributed by atoms with E-state index in [9.17, 15) is 0 Å². The summed E-state index contributed by atoms with van der Waals surface area (Å²) in [4.78, 5) is 10.8. The summed E-state index contributed by atoms with van der Waals surface area (Å²) >= 11 is 6.04. The first-order valence-corrected chi connectivity index (χ1v) is 7.30. The van der Waals surface area contributed by atoms with E-state index in [1.165, 1.54) is 32.1 Å². The first kappa shape index (κ1) is 14.5. The number of rotatable bonds is 5. The summed E-state index contributed by atoms with van der Waals surface area (Å²) in [6.45, 7) is 1.44. The third-order valence-electron chi connectivity index (χ3n) is 3.65. The molecule has 4 nitrogen and oxygen atoms in total. The van der Waals surface area contributed by atoms with Gasteiger partial charge in [-0.3, -0.25) is 0 Å². The lowest BCUT2D eigenvalue weighted by atomic mass is 9.89. The van der Waals surface area contributed by atoms with Gasteiger partial charge in [0.15, 0.2) is 5.82 Å². The first-order chi connectivity index (χ1) is 9.19. The van der Waals surface area contributed by atoms with Gasteiger partial charge in [0.05, 0.1) is 0 Å².